The van der Waals surface area contributed by atoms with Crippen LogP contribution in [0.3, 0.4) is 0 Å². The van der Waals surface area contributed by atoms with Crippen molar-refractivity contribution in [3.05, 3.63) is 65.9 Å². The molecule has 2 heterocycles. The minimum absolute atomic E-state index is 0.0597. The first-order valence-corrected chi connectivity index (χ1v) is 10.1. The molecule has 1 aliphatic rings. The molecule has 0 N–H and O–H groups in total. The zero-order valence-corrected chi connectivity index (χ0v) is 15.4. The number of para-hydroxylation sites is 1. The van der Waals surface area contributed by atoms with Gasteiger partial charge in [0.15, 0.2) is 0 Å². The SMILES string of the molecule is CC(=O)N1CCc2ccc(S(=O)(=O)n3ccc4ccccc43)cc2CC1. The van der Waals surface area contributed by atoms with Gasteiger partial charge in [-0.2, -0.15) is 0 Å². The number of amides is 1. The molecular formula is C20H20N2O3S. The van der Waals surface area contributed by atoms with Crippen LogP contribution >= 0.6 is 0 Å². The Morgan fingerprint density at radius 3 is 2.46 bits per heavy atom. The van der Waals surface area contributed by atoms with Gasteiger partial charge in [0.2, 0.25) is 5.91 Å². The van der Waals surface area contributed by atoms with E-state index in [0.29, 0.717) is 25.0 Å². The lowest BCUT2D eigenvalue weighted by Crippen LogP contribution is -2.30. The number of aromatic nitrogens is 1. The highest BCUT2D eigenvalue weighted by Gasteiger charge is 2.22. The lowest BCUT2D eigenvalue weighted by molar-refractivity contribution is -0.128. The quantitative estimate of drug-likeness (QED) is 0.699. The predicted molar refractivity (Wildman–Crippen MR) is 101 cm³/mol. The fourth-order valence-electron chi connectivity index (χ4n) is 3.56. The Morgan fingerprint density at radius 2 is 1.69 bits per heavy atom. The average molecular weight is 368 g/mol. The Bertz CT molecular complexity index is 1100. The van der Waals surface area contributed by atoms with E-state index in [-0.39, 0.29) is 10.8 Å². The van der Waals surface area contributed by atoms with E-state index < -0.39 is 10.0 Å². The average Bonchev–Trinajstić information content (AvgIpc) is 2.95. The van der Waals surface area contributed by atoms with Crippen LogP contribution in [0, 0.1) is 0 Å². The summed E-state index contributed by atoms with van der Waals surface area (Å²) in [5, 5.41) is 0.892. The van der Waals surface area contributed by atoms with Gasteiger partial charge in [-0.25, -0.2) is 12.4 Å². The second-order valence-electron chi connectivity index (χ2n) is 6.61. The summed E-state index contributed by atoms with van der Waals surface area (Å²) in [5.74, 6) is 0.0597. The molecule has 0 saturated carbocycles. The molecule has 26 heavy (non-hydrogen) atoms. The molecule has 134 valence electrons. The number of fused-ring (bicyclic) bond motifs is 2. The smallest absolute Gasteiger partial charge is 0.268 e. The second-order valence-corrected chi connectivity index (χ2v) is 8.43. The highest BCUT2D eigenvalue weighted by molar-refractivity contribution is 7.90. The monoisotopic (exact) mass is 368 g/mol. The van der Waals surface area contributed by atoms with Gasteiger partial charge in [-0.05, 0) is 48.2 Å². The Balaban J connectivity index is 1.74. The van der Waals surface area contributed by atoms with E-state index in [1.807, 2.05) is 29.2 Å². The molecule has 6 heteroatoms. The molecule has 0 saturated heterocycles. The third kappa shape index (κ3) is 2.80. The molecule has 5 nitrogen and oxygen atoms in total. The molecule has 0 spiro atoms. The number of benzene rings is 2. The molecule has 1 aliphatic heterocycles. The van der Waals surface area contributed by atoms with Crippen molar-refractivity contribution in [3.63, 3.8) is 0 Å². The zero-order chi connectivity index (χ0) is 18.3. The fourth-order valence-corrected chi connectivity index (χ4v) is 4.96. The van der Waals surface area contributed by atoms with E-state index in [1.54, 1.807) is 37.4 Å². The van der Waals surface area contributed by atoms with Crippen LogP contribution < -0.4 is 0 Å². The van der Waals surface area contributed by atoms with Gasteiger partial charge in [0.25, 0.3) is 10.0 Å². The lowest BCUT2D eigenvalue weighted by atomic mass is 10.0. The molecule has 0 radical (unpaired) electrons. The number of nitrogens with zero attached hydrogens (tertiary/aromatic N) is 2. The van der Waals surface area contributed by atoms with Crippen LogP contribution in [0.4, 0.5) is 0 Å². The van der Waals surface area contributed by atoms with Crippen LogP contribution in [0.5, 0.6) is 0 Å². The van der Waals surface area contributed by atoms with E-state index in [2.05, 4.69) is 0 Å². The highest BCUT2D eigenvalue weighted by atomic mass is 32.2. The van der Waals surface area contributed by atoms with Gasteiger partial charge in [0.1, 0.15) is 0 Å². The van der Waals surface area contributed by atoms with Gasteiger partial charge in [-0.3, -0.25) is 4.79 Å². The van der Waals surface area contributed by atoms with Crippen molar-refractivity contribution >= 4 is 26.8 Å². The highest BCUT2D eigenvalue weighted by Crippen LogP contribution is 2.25. The summed E-state index contributed by atoms with van der Waals surface area (Å²) in [6.07, 6.45) is 3.02. The summed E-state index contributed by atoms with van der Waals surface area (Å²) < 4.78 is 27.6. The van der Waals surface area contributed by atoms with Gasteiger partial charge in [-0.15, -0.1) is 0 Å². The van der Waals surface area contributed by atoms with Gasteiger partial charge < -0.3 is 4.90 Å². The van der Waals surface area contributed by atoms with Gasteiger partial charge in [-0.1, -0.05) is 24.3 Å². The number of carbonyl (C=O) groups excluding carboxylic acids is 1. The third-order valence-electron chi connectivity index (χ3n) is 5.05. The van der Waals surface area contributed by atoms with Crippen LogP contribution in [-0.4, -0.2) is 36.3 Å². The van der Waals surface area contributed by atoms with Gasteiger partial charge in [0.05, 0.1) is 10.4 Å². The molecule has 0 unspecified atom stereocenters. The topological polar surface area (TPSA) is 59.4 Å². The summed E-state index contributed by atoms with van der Waals surface area (Å²) in [6.45, 7) is 2.87. The number of hydrogen-bond donors (Lipinski definition) is 0. The van der Waals surface area contributed by atoms with E-state index in [1.165, 1.54) is 3.97 Å². The van der Waals surface area contributed by atoms with E-state index in [0.717, 1.165) is 22.9 Å². The van der Waals surface area contributed by atoms with Crippen molar-refractivity contribution in [2.45, 2.75) is 24.7 Å². The van der Waals surface area contributed by atoms with Crippen molar-refractivity contribution in [2.24, 2.45) is 0 Å². The van der Waals surface area contributed by atoms with E-state index >= 15 is 0 Å². The van der Waals surface area contributed by atoms with Crippen LogP contribution in [-0.2, 0) is 27.7 Å². The minimum atomic E-state index is -3.66. The first-order chi connectivity index (χ1) is 12.5. The zero-order valence-electron chi connectivity index (χ0n) is 14.6. The van der Waals surface area contributed by atoms with Crippen molar-refractivity contribution in [2.75, 3.05) is 13.1 Å². The van der Waals surface area contributed by atoms with E-state index in [4.69, 9.17) is 0 Å². The van der Waals surface area contributed by atoms with Crippen LogP contribution in [0.15, 0.2) is 59.6 Å². The Kier molecular flexibility index (Phi) is 4.07. The molecule has 1 amide bonds. The second kappa shape index (κ2) is 6.29. The van der Waals surface area contributed by atoms with E-state index in [9.17, 15) is 13.2 Å². The summed E-state index contributed by atoms with van der Waals surface area (Å²) in [4.78, 5) is 13.7. The molecule has 0 aliphatic carbocycles. The van der Waals surface area contributed by atoms with Crippen LogP contribution in [0.25, 0.3) is 10.9 Å². The molecular weight excluding hydrogens is 348 g/mol. The molecule has 1 aromatic heterocycles. The van der Waals surface area contributed by atoms with Gasteiger partial charge >= 0.3 is 0 Å². The maximum absolute atomic E-state index is 13.2. The first-order valence-electron chi connectivity index (χ1n) is 8.66. The van der Waals surface area contributed by atoms with Crippen molar-refractivity contribution in [1.29, 1.82) is 0 Å². The van der Waals surface area contributed by atoms with Crippen LogP contribution in [0.1, 0.15) is 18.1 Å². The Morgan fingerprint density at radius 1 is 0.962 bits per heavy atom. The molecule has 0 bridgehead atoms. The largest absolute Gasteiger partial charge is 0.342 e. The Labute approximate surface area is 152 Å². The summed E-state index contributed by atoms with van der Waals surface area (Å²) in [7, 11) is -3.66. The number of rotatable bonds is 2. The summed E-state index contributed by atoms with van der Waals surface area (Å²) >= 11 is 0. The molecule has 0 atom stereocenters. The number of hydrogen-bond acceptors (Lipinski definition) is 3. The summed E-state index contributed by atoms with van der Waals surface area (Å²) in [5.41, 5.74) is 2.79. The normalized spacial score (nSPS) is 14.9. The van der Waals surface area contributed by atoms with Gasteiger partial charge in [0, 0.05) is 31.6 Å². The fraction of sp³-hybridized carbons (Fsp3) is 0.250. The molecule has 4 rings (SSSR count). The predicted octanol–water partition coefficient (Wildman–Crippen LogP) is 2.83. The number of carbonyl (C=O) groups is 1. The lowest BCUT2D eigenvalue weighted by Gasteiger charge is -2.17. The minimum Gasteiger partial charge on any atom is -0.342 e. The summed E-state index contributed by atoms with van der Waals surface area (Å²) in [6, 6.07) is 14.6. The first kappa shape index (κ1) is 16.8. The molecule has 2 aromatic carbocycles. The molecule has 3 aromatic rings. The maximum Gasteiger partial charge on any atom is 0.268 e. The standard InChI is InChI=1S/C20H20N2O3S/c1-15(23)21-11-8-16-6-7-19(14-18(16)9-12-21)26(24,25)22-13-10-17-4-2-3-5-20(17)22/h2-7,10,13-14H,8-9,11-12H2,1H3. The Hall–Kier alpha value is -2.60. The maximum atomic E-state index is 13.2. The van der Waals surface area contributed by atoms with Crippen molar-refractivity contribution < 1.29 is 13.2 Å². The van der Waals surface area contributed by atoms with Crippen molar-refractivity contribution in [1.82, 2.24) is 8.87 Å². The molecule has 0 fully saturated rings. The third-order valence-corrected chi connectivity index (χ3v) is 6.73. The van der Waals surface area contributed by atoms with Crippen LogP contribution in [0.2, 0.25) is 0 Å². The van der Waals surface area contributed by atoms with Crippen molar-refractivity contribution in [3.8, 4) is 0 Å².